The molecule has 7 heteroatoms. The molecule has 3 rings (SSSR count). The van der Waals surface area contributed by atoms with Gasteiger partial charge in [0.05, 0.1) is 18.1 Å². The van der Waals surface area contributed by atoms with Crippen molar-refractivity contribution in [3.63, 3.8) is 0 Å². The molecule has 1 saturated heterocycles. The van der Waals surface area contributed by atoms with Gasteiger partial charge in [0.25, 0.3) is 0 Å². The van der Waals surface area contributed by atoms with Crippen LogP contribution in [0.5, 0.6) is 0 Å². The number of rotatable bonds is 3. The number of anilines is 1. The average molecular weight is 288 g/mol. The lowest BCUT2D eigenvalue weighted by Gasteiger charge is -2.17. The average Bonchev–Trinajstić information content (AvgIpc) is 2.96. The van der Waals surface area contributed by atoms with Crippen LogP contribution in [0.25, 0.3) is 11.0 Å². The van der Waals surface area contributed by atoms with Gasteiger partial charge in [0, 0.05) is 20.0 Å². The summed E-state index contributed by atoms with van der Waals surface area (Å²) in [7, 11) is 1.81. The number of amides is 1. The third-order valence-electron chi connectivity index (χ3n) is 4.19. The van der Waals surface area contributed by atoms with E-state index in [0.717, 1.165) is 11.9 Å². The monoisotopic (exact) mass is 288 g/mol. The lowest BCUT2D eigenvalue weighted by atomic mass is 9.95. The summed E-state index contributed by atoms with van der Waals surface area (Å²) in [6.45, 7) is 5.48. The van der Waals surface area contributed by atoms with Crippen LogP contribution < -0.4 is 5.73 Å². The van der Waals surface area contributed by atoms with Crippen molar-refractivity contribution in [1.29, 1.82) is 0 Å². The first-order valence-electron chi connectivity index (χ1n) is 7.17. The predicted octanol–water partition coefficient (Wildman–Crippen LogP) is 0.950. The number of nitrogens with two attached hydrogens (primary N) is 1. The van der Waals surface area contributed by atoms with Crippen LogP contribution in [0.1, 0.15) is 26.1 Å². The highest BCUT2D eigenvalue weighted by Crippen LogP contribution is 2.26. The maximum atomic E-state index is 12.1. The van der Waals surface area contributed by atoms with Crippen LogP contribution in [0.2, 0.25) is 0 Å². The first-order chi connectivity index (χ1) is 9.95. The molecule has 2 aromatic heterocycles. The normalized spacial score (nSPS) is 19.1. The fourth-order valence-electron chi connectivity index (χ4n) is 2.73. The number of nitrogen functional groups attached to an aromatic ring is 1. The van der Waals surface area contributed by atoms with Crippen molar-refractivity contribution >= 4 is 22.8 Å². The number of nitrogens with zero attached hydrogens (tertiary/aromatic N) is 5. The minimum absolute atomic E-state index is 0.168. The molecule has 0 aromatic carbocycles. The number of hydrogen-bond acceptors (Lipinski definition) is 5. The van der Waals surface area contributed by atoms with Crippen molar-refractivity contribution < 1.29 is 4.79 Å². The van der Waals surface area contributed by atoms with Crippen molar-refractivity contribution in [2.24, 2.45) is 18.9 Å². The Morgan fingerprint density at radius 2 is 2.19 bits per heavy atom. The van der Waals surface area contributed by atoms with Gasteiger partial charge in [-0.3, -0.25) is 9.48 Å². The number of carbonyl (C=O) groups is 1. The van der Waals surface area contributed by atoms with Gasteiger partial charge in [0.1, 0.15) is 5.82 Å². The van der Waals surface area contributed by atoms with Crippen molar-refractivity contribution in [1.82, 2.24) is 24.6 Å². The molecule has 112 valence electrons. The molecule has 0 saturated carbocycles. The third kappa shape index (κ3) is 2.43. The van der Waals surface area contributed by atoms with Gasteiger partial charge in [-0.05, 0) is 11.8 Å². The first-order valence-corrected chi connectivity index (χ1v) is 7.17. The van der Waals surface area contributed by atoms with E-state index in [0.29, 0.717) is 42.1 Å². The Balaban J connectivity index is 1.85. The van der Waals surface area contributed by atoms with Crippen LogP contribution >= 0.6 is 0 Å². The summed E-state index contributed by atoms with van der Waals surface area (Å²) in [6, 6.07) is 0. The lowest BCUT2D eigenvalue weighted by molar-refractivity contribution is -0.128. The highest BCUT2D eigenvalue weighted by atomic mass is 16.2. The summed E-state index contributed by atoms with van der Waals surface area (Å²) < 4.78 is 1.67. The van der Waals surface area contributed by atoms with Gasteiger partial charge in [-0.15, -0.1) is 0 Å². The zero-order chi connectivity index (χ0) is 15.1. The van der Waals surface area contributed by atoms with Crippen molar-refractivity contribution in [2.75, 3.05) is 12.3 Å². The zero-order valence-electron chi connectivity index (χ0n) is 12.6. The van der Waals surface area contributed by atoms with E-state index in [2.05, 4.69) is 28.9 Å². The summed E-state index contributed by atoms with van der Waals surface area (Å²) in [4.78, 5) is 22.7. The molecular formula is C14H20N6O. The maximum Gasteiger partial charge on any atom is 0.223 e. The van der Waals surface area contributed by atoms with Gasteiger partial charge in [-0.2, -0.15) is 5.10 Å². The van der Waals surface area contributed by atoms with E-state index in [1.165, 1.54) is 0 Å². The molecule has 1 atom stereocenters. The van der Waals surface area contributed by atoms with Gasteiger partial charge >= 0.3 is 0 Å². The van der Waals surface area contributed by atoms with Gasteiger partial charge in [0.2, 0.25) is 5.91 Å². The second-order valence-corrected chi connectivity index (χ2v) is 6.01. The number of hydrogen-bond donors (Lipinski definition) is 1. The van der Waals surface area contributed by atoms with Gasteiger partial charge in [0.15, 0.2) is 11.5 Å². The minimum Gasteiger partial charge on any atom is -0.383 e. The van der Waals surface area contributed by atoms with Gasteiger partial charge in [-0.25, -0.2) is 9.97 Å². The van der Waals surface area contributed by atoms with Crippen molar-refractivity contribution in [3.8, 4) is 0 Å². The Morgan fingerprint density at radius 3 is 2.86 bits per heavy atom. The molecule has 2 aromatic rings. The lowest BCUT2D eigenvalue weighted by Crippen LogP contribution is -2.26. The quantitative estimate of drug-likeness (QED) is 0.908. The predicted molar refractivity (Wildman–Crippen MR) is 79.1 cm³/mol. The van der Waals surface area contributed by atoms with Crippen LogP contribution in [0.4, 0.5) is 5.82 Å². The molecule has 2 N–H and O–H groups in total. The molecule has 3 heterocycles. The molecule has 1 fully saturated rings. The summed E-state index contributed by atoms with van der Waals surface area (Å²) in [6.07, 6.45) is 2.27. The highest BCUT2D eigenvalue weighted by molar-refractivity contribution is 5.85. The van der Waals surface area contributed by atoms with E-state index in [9.17, 15) is 4.79 Å². The molecule has 0 aliphatic carbocycles. The molecule has 1 unspecified atom stereocenters. The topological polar surface area (TPSA) is 89.9 Å². The fraction of sp³-hybridized carbons (Fsp3) is 0.571. The molecule has 1 amide bonds. The smallest absolute Gasteiger partial charge is 0.223 e. The van der Waals surface area contributed by atoms with Crippen LogP contribution in [0.15, 0.2) is 6.20 Å². The number of carbonyl (C=O) groups excluding carboxylic acids is 1. The molecule has 21 heavy (non-hydrogen) atoms. The standard InChI is InChI=1S/C14H20N6O/c1-8(2)9-4-12(21)20(6-9)7-11-17-13(15)10-5-16-19(3)14(10)18-11/h5,8-9H,4,6-7H2,1-3H3,(H2,15,17,18). The van der Waals surface area contributed by atoms with E-state index in [4.69, 9.17) is 5.73 Å². The minimum atomic E-state index is 0.168. The summed E-state index contributed by atoms with van der Waals surface area (Å²) in [5.74, 6) is 2.07. The fourth-order valence-corrected chi connectivity index (χ4v) is 2.73. The Morgan fingerprint density at radius 1 is 1.43 bits per heavy atom. The largest absolute Gasteiger partial charge is 0.383 e. The van der Waals surface area contributed by atoms with Crippen LogP contribution in [0, 0.1) is 11.8 Å². The molecular weight excluding hydrogens is 268 g/mol. The van der Waals surface area contributed by atoms with E-state index in [-0.39, 0.29) is 5.91 Å². The molecule has 0 bridgehead atoms. The molecule has 0 radical (unpaired) electrons. The Bertz CT molecular complexity index is 692. The molecule has 0 spiro atoms. The highest BCUT2D eigenvalue weighted by Gasteiger charge is 2.31. The summed E-state index contributed by atoms with van der Waals surface area (Å²) in [5.41, 5.74) is 6.65. The van der Waals surface area contributed by atoms with E-state index < -0.39 is 0 Å². The first kappa shape index (κ1) is 13.8. The van der Waals surface area contributed by atoms with Crippen molar-refractivity contribution in [3.05, 3.63) is 12.0 Å². The SMILES string of the molecule is CC(C)C1CC(=O)N(Cc2nc(N)c3cnn(C)c3n2)C1. The number of aromatic nitrogens is 4. The third-order valence-corrected chi connectivity index (χ3v) is 4.19. The summed E-state index contributed by atoms with van der Waals surface area (Å²) in [5, 5.41) is 4.88. The van der Waals surface area contributed by atoms with Crippen LogP contribution in [0.3, 0.4) is 0 Å². The number of likely N-dealkylation sites (tertiary alicyclic amines) is 1. The molecule has 7 nitrogen and oxygen atoms in total. The Kier molecular flexibility index (Phi) is 3.27. The van der Waals surface area contributed by atoms with Crippen LogP contribution in [-0.4, -0.2) is 37.1 Å². The zero-order valence-corrected chi connectivity index (χ0v) is 12.6. The van der Waals surface area contributed by atoms with E-state index in [1.807, 2.05) is 11.9 Å². The van der Waals surface area contributed by atoms with Crippen LogP contribution in [-0.2, 0) is 18.4 Å². The Hall–Kier alpha value is -2.18. The number of aryl methyl sites for hydroxylation is 1. The van der Waals surface area contributed by atoms with E-state index in [1.54, 1.807) is 10.9 Å². The second-order valence-electron chi connectivity index (χ2n) is 6.01. The molecule has 1 aliphatic rings. The van der Waals surface area contributed by atoms with Gasteiger partial charge < -0.3 is 10.6 Å². The van der Waals surface area contributed by atoms with Crippen molar-refractivity contribution in [2.45, 2.75) is 26.8 Å². The molecule has 1 aliphatic heterocycles. The number of fused-ring (bicyclic) bond motifs is 1. The van der Waals surface area contributed by atoms with Gasteiger partial charge in [-0.1, -0.05) is 13.8 Å². The Labute approximate surface area is 123 Å². The maximum absolute atomic E-state index is 12.1. The summed E-state index contributed by atoms with van der Waals surface area (Å²) >= 11 is 0. The van der Waals surface area contributed by atoms with E-state index >= 15 is 0 Å². The second kappa shape index (κ2) is 4.98.